The lowest BCUT2D eigenvalue weighted by Crippen LogP contribution is -2.49. The number of carbonyl (C=O) groups excluding carboxylic acids is 1. The van der Waals surface area contributed by atoms with Crippen LogP contribution >= 0.6 is 0 Å². The number of hydrogen-bond donors (Lipinski definition) is 3. The van der Waals surface area contributed by atoms with Crippen LogP contribution in [0.4, 0.5) is 36.3 Å². The molecule has 3 fully saturated rings. The van der Waals surface area contributed by atoms with E-state index >= 15 is 0 Å². The van der Waals surface area contributed by atoms with Crippen LogP contribution in [0.2, 0.25) is 0 Å². The largest absolute Gasteiger partial charge is 0.418 e. The minimum atomic E-state index is -4.71. The smallest absolute Gasteiger partial charge is 0.382 e. The van der Waals surface area contributed by atoms with E-state index in [1.165, 1.54) is 6.07 Å². The second-order valence-corrected chi connectivity index (χ2v) is 10.6. The standard InChI is InChI=1S/C27H30F3N9O2/c28-27(29,30)17-5-6-20(38-8-10-41-11-9-38)36-22(17)18-12-34-24(32)23(35-18)26(40)37-25-19(2-1-7-33-25)39-13-15-3-4-16(14-39)21(15)31/h1-2,5-7,12,15-16,21H,3-4,8-11,13-14,31H2,(H2,32,34)(H,33,37,40)/t15-,16+,21-. The summed E-state index contributed by atoms with van der Waals surface area (Å²) in [5.74, 6) is 0.380. The van der Waals surface area contributed by atoms with Crippen molar-refractivity contribution in [3.8, 4) is 11.4 Å². The molecule has 41 heavy (non-hydrogen) atoms. The molecule has 3 aromatic rings. The van der Waals surface area contributed by atoms with Crippen molar-refractivity contribution in [1.82, 2.24) is 19.9 Å². The average Bonchev–Trinajstić information content (AvgIpc) is 3.16. The second kappa shape index (κ2) is 10.7. The molecule has 0 spiro atoms. The summed E-state index contributed by atoms with van der Waals surface area (Å²) in [6.45, 7) is 3.33. The molecule has 5 N–H and O–H groups in total. The van der Waals surface area contributed by atoms with Gasteiger partial charge < -0.3 is 31.3 Å². The fraction of sp³-hybridized carbons (Fsp3) is 0.444. The third kappa shape index (κ3) is 5.36. The number of carbonyl (C=O) groups is 1. The Morgan fingerprint density at radius 1 is 1.02 bits per heavy atom. The Labute approximate surface area is 234 Å². The number of pyridine rings is 2. The Hall–Kier alpha value is -4.04. The highest BCUT2D eigenvalue weighted by Crippen LogP contribution is 2.39. The molecule has 1 aliphatic carbocycles. The van der Waals surface area contributed by atoms with Crippen LogP contribution in [-0.2, 0) is 10.9 Å². The summed E-state index contributed by atoms with van der Waals surface area (Å²) in [6, 6.07) is 6.08. The molecule has 0 radical (unpaired) electrons. The van der Waals surface area contributed by atoms with Crippen molar-refractivity contribution in [1.29, 1.82) is 0 Å². The predicted molar refractivity (Wildman–Crippen MR) is 146 cm³/mol. The SMILES string of the molecule is Nc1ncc(-c2nc(N3CCOCC3)ccc2C(F)(F)F)nc1C(=O)Nc1ncccc1N1C[C@H]2CC[C@@H](C1)[C@@H]2N. The molecule has 2 aliphatic heterocycles. The molecule has 3 atom stereocenters. The van der Waals surface area contributed by atoms with Crippen LogP contribution in [0.15, 0.2) is 36.7 Å². The molecule has 5 heterocycles. The summed E-state index contributed by atoms with van der Waals surface area (Å²) in [5, 5.41) is 2.74. The van der Waals surface area contributed by atoms with Crippen LogP contribution in [0.25, 0.3) is 11.4 Å². The number of piperidine rings is 1. The number of rotatable bonds is 5. The van der Waals surface area contributed by atoms with Gasteiger partial charge in [0.1, 0.15) is 17.2 Å². The third-order valence-corrected chi connectivity index (χ3v) is 8.05. The number of amides is 1. The highest BCUT2D eigenvalue weighted by molar-refractivity contribution is 6.06. The lowest BCUT2D eigenvalue weighted by atomic mass is 9.93. The fourth-order valence-corrected chi connectivity index (χ4v) is 5.90. The normalized spacial score (nSPS) is 22.6. The minimum absolute atomic E-state index is 0.163. The molecule has 6 rings (SSSR count). The van der Waals surface area contributed by atoms with Crippen LogP contribution in [0.1, 0.15) is 28.9 Å². The molecule has 14 heteroatoms. The maximum atomic E-state index is 14.0. The monoisotopic (exact) mass is 569 g/mol. The van der Waals surface area contributed by atoms with Gasteiger partial charge in [0, 0.05) is 38.4 Å². The number of anilines is 4. The first-order valence-electron chi connectivity index (χ1n) is 13.5. The van der Waals surface area contributed by atoms with Gasteiger partial charge in [0.2, 0.25) is 0 Å². The zero-order valence-corrected chi connectivity index (χ0v) is 22.1. The zero-order chi connectivity index (χ0) is 28.7. The van der Waals surface area contributed by atoms with Crippen molar-refractivity contribution in [2.45, 2.75) is 25.1 Å². The second-order valence-electron chi connectivity index (χ2n) is 10.6. The molecule has 2 saturated heterocycles. The lowest BCUT2D eigenvalue weighted by molar-refractivity contribution is -0.137. The lowest BCUT2D eigenvalue weighted by Gasteiger charge is -2.38. The molecule has 3 aromatic heterocycles. The zero-order valence-electron chi connectivity index (χ0n) is 22.1. The van der Waals surface area contributed by atoms with Gasteiger partial charge in [0.25, 0.3) is 5.91 Å². The number of nitrogen functional groups attached to an aromatic ring is 1. The topological polar surface area (TPSA) is 148 Å². The number of morpholine rings is 1. The fourth-order valence-electron chi connectivity index (χ4n) is 5.90. The van der Waals surface area contributed by atoms with E-state index < -0.39 is 23.3 Å². The molecule has 0 unspecified atom stereocenters. The van der Waals surface area contributed by atoms with Gasteiger partial charge in [-0.05, 0) is 48.9 Å². The van der Waals surface area contributed by atoms with Gasteiger partial charge in [-0.3, -0.25) is 4.79 Å². The first-order valence-corrected chi connectivity index (χ1v) is 13.5. The molecule has 11 nitrogen and oxygen atoms in total. The summed E-state index contributed by atoms with van der Waals surface area (Å²) in [7, 11) is 0. The van der Waals surface area contributed by atoms with Crippen molar-refractivity contribution >= 4 is 29.0 Å². The van der Waals surface area contributed by atoms with E-state index in [1.54, 1.807) is 12.3 Å². The van der Waals surface area contributed by atoms with Crippen molar-refractivity contribution < 1.29 is 22.7 Å². The Balaban J connectivity index is 1.31. The average molecular weight is 570 g/mol. The highest BCUT2D eigenvalue weighted by Gasteiger charge is 2.40. The van der Waals surface area contributed by atoms with Crippen LogP contribution < -0.4 is 26.6 Å². The van der Waals surface area contributed by atoms with Crippen molar-refractivity contribution in [2.75, 3.05) is 60.2 Å². The van der Waals surface area contributed by atoms with Gasteiger partial charge in [0.15, 0.2) is 17.3 Å². The Kier molecular flexibility index (Phi) is 7.11. The van der Waals surface area contributed by atoms with Crippen molar-refractivity contribution in [2.24, 2.45) is 17.6 Å². The van der Waals surface area contributed by atoms with Crippen molar-refractivity contribution in [3.63, 3.8) is 0 Å². The molecule has 1 saturated carbocycles. The summed E-state index contributed by atoms with van der Waals surface area (Å²) in [5.41, 5.74) is 11.1. The molecule has 216 valence electrons. The van der Waals surface area contributed by atoms with E-state index in [0.717, 1.165) is 43.9 Å². The van der Waals surface area contributed by atoms with E-state index in [9.17, 15) is 18.0 Å². The molecular formula is C27H30F3N9O2. The van der Waals surface area contributed by atoms with Gasteiger partial charge in [-0.15, -0.1) is 0 Å². The van der Waals surface area contributed by atoms with E-state index in [4.69, 9.17) is 16.2 Å². The Morgan fingerprint density at radius 2 is 1.76 bits per heavy atom. The molecule has 2 bridgehead atoms. The van der Waals surface area contributed by atoms with Crippen LogP contribution in [-0.4, -0.2) is 71.3 Å². The first-order chi connectivity index (χ1) is 19.7. The Bertz CT molecular complexity index is 1430. The van der Waals surface area contributed by atoms with Crippen LogP contribution in [0.5, 0.6) is 0 Å². The van der Waals surface area contributed by atoms with Gasteiger partial charge in [-0.2, -0.15) is 13.2 Å². The molecule has 3 aliphatic rings. The van der Waals surface area contributed by atoms with Gasteiger partial charge in [-0.25, -0.2) is 19.9 Å². The van der Waals surface area contributed by atoms with Crippen LogP contribution in [0.3, 0.4) is 0 Å². The predicted octanol–water partition coefficient (Wildman–Crippen LogP) is 2.80. The van der Waals surface area contributed by atoms with E-state index in [1.807, 2.05) is 11.0 Å². The number of fused-ring (bicyclic) bond motifs is 2. The van der Waals surface area contributed by atoms with E-state index in [-0.39, 0.29) is 23.2 Å². The number of nitrogens with zero attached hydrogens (tertiary/aromatic N) is 6. The first kappa shape index (κ1) is 27.1. The van der Waals surface area contributed by atoms with Crippen LogP contribution in [0, 0.1) is 11.8 Å². The minimum Gasteiger partial charge on any atom is -0.382 e. The number of hydrogen-bond acceptors (Lipinski definition) is 10. The summed E-state index contributed by atoms with van der Waals surface area (Å²) in [4.78, 5) is 34.3. The third-order valence-electron chi connectivity index (χ3n) is 8.05. The maximum absolute atomic E-state index is 14.0. The molecular weight excluding hydrogens is 539 g/mol. The number of aromatic nitrogens is 4. The maximum Gasteiger partial charge on any atom is 0.418 e. The van der Waals surface area contributed by atoms with Gasteiger partial charge in [0.05, 0.1) is 30.7 Å². The number of halogens is 3. The van der Waals surface area contributed by atoms with Gasteiger partial charge in [-0.1, -0.05) is 0 Å². The molecule has 0 aromatic carbocycles. The quantitative estimate of drug-likeness (QED) is 0.419. The van der Waals surface area contributed by atoms with Gasteiger partial charge >= 0.3 is 6.18 Å². The van der Waals surface area contributed by atoms with E-state index in [2.05, 4.69) is 30.2 Å². The number of nitrogens with one attached hydrogen (secondary N) is 1. The highest BCUT2D eigenvalue weighted by atomic mass is 19.4. The molecule has 1 amide bonds. The Morgan fingerprint density at radius 3 is 2.46 bits per heavy atom. The van der Waals surface area contributed by atoms with E-state index in [0.29, 0.717) is 49.8 Å². The summed E-state index contributed by atoms with van der Waals surface area (Å²) in [6.07, 6.45) is 0.0433. The number of ether oxygens (including phenoxy) is 1. The number of nitrogens with two attached hydrogens (primary N) is 2. The number of alkyl halides is 3. The summed E-state index contributed by atoms with van der Waals surface area (Å²) >= 11 is 0. The summed E-state index contributed by atoms with van der Waals surface area (Å²) < 4.78 is 47.3. The van der Waals surface area contributed by atoms with Crippen molar-refractivity contribution in [3.05, 3.63) is 47.9 Å².